The van der Waals surface area contributed by atoms with E-state index in [9.17, 15) is 0 Å². The van der Waals surface area contributed by atoms with Crippen LogP contribution in [0.2, 0.25) is 0 Å². The van der Waals surface area contributed by atoms with Crippen LogP contribution in [-0.2, 0) is 6.42 Å². The number of ether oxygens (including phenoxy) is 2. The van der Waals surface area contributed by atoms with Crippen molar-refractivity contribution in [3.63, 3.8) is 0 Å². The van der Waals surface area contributed by atoms with Crippen LogP contribution in [0, 0.1) is 11.3 Å². The third-order valence-electron chi connectivity index (χ3n) is 3.65. The Morgan fingerprint density at radius 3 is 2.57 bits per heavy atom. The number of fused-ring (bicyclic) bond motifs is 1. The molecule has 0 aliphatic carbocycles. The minimum absolute atomic E-state index is 0.615. The molecule has 0 unspecified atom stereocenters. The molecule has 2 aromatic carbocycles. The Bertz CT molecular complexity index is 900. The van der Waals surface area contributed by atoms with E-state index in [0.29, 0.717) is 23.5 Å². The van der Waals surface area contributed by atoms with E-state index in [1.807, 2.05) is 30.3 Å². The Morgan fingerprint density at radius 1 is 1.04 bits per heavy atom. The highest BCUT2D eigenvalue weighted by Crippen LogP contribution is 2.32. The molecule has 0 fully saturated rings. The van der Waals surface area contributed by atoms with Gasteiger partial charge in [0.25, 0.3) is 0 Å². The van der Waals surface area contributed by atoms with Crippen LogP contribution in [-0.4, -0.2) is 24.2 Å². The van der Waals surface area contributed by atoms with Crippen molar-refractivity contribution in [2.45, 2.75) is 6.42 Å². The second kappa shape index (κ2) is 6.32. The fourth-order valence-electron chi connectivity index (χ4n) is 2.52. The topological polar surface area (TPSA) is 68.0 Å². The largest absolute Gasteiger partial charge is 0.493 e. The van der Waals surface area contributed by atoms with Crippen molar-refractivity contribution in [2.75, 3.05) is 14.2 Å². The number of benzene rings is 2. The maximum absolute atomic E-state index is 9.02. The molecule has 0 N–H and O–H groups in total. The van der Waals surface area contributed by atoms with Gasteiger partial charge < -0.3 is 9.47 Å². The van der Waals surface area contributed by atoms with Gasteiger partial charge in [-0.25, -0.2) is 9.97 Å². The van der Waals surface area contributed by atoms with Gasteiger partial charge >= 0.3 is 0 Å². The Hall–Kier alpha value is -3.13. The zero-order valence-electron chi connectivity index (χ0n) is 12.9. The first-order valence-corrected chi connectivity index (χ1v) is 7.10. The lowest BCUT2D eigenvalue weighted by Gasteiger charge is -2.11. The van der Waals surface area contributed by atoms with Crippen LogP contribution in [0.3, 0.4) is 0 Å². The lowest BCUT2D eigenvalue weighted by Crippen LogP contribution is -1.98. The summed E-state index contributed by atoms with van der Waals surface area (Å²) in [4.78, 5) is 8.70. The van der Waals surface area contributed by atoms with Gasteiger partial charge in [0.05, 0.1) is 37.1 Å². The quantitative estimate of drug-likeness (QED) is 0.741. The number of aromatic nitrogens is 2. The summed E-state index contributed by atoms with van der Waals surface area (Å²) in [6.45, 7) is 0. The normalized spacial score (nSPS) is 10.3. The lowest BCUT2D eigenvalue weighted by atomic mass is 10.0. The molecule has 114 valence electrons. The molecule has 5 nitrogen and oxygen atoms in total. The molecule has 1 aromatic heterocycles. The van der Waals surface area contributed by atoms with E-state index < -0.39 is 0 Å². The molecular formula is C18H15N3O2. The molecule has 1 heterocycles. The molecule has 0 bridgehead atoms. The van der Waals surface area contributed by atoms with Crippen molar-refractivity contribution in [1.29, 1.82) is 5.26 Å². The Morgan fingerprint density at radius 2 is 1.83 bits per heavy atom. The summed E-state index contributed by atoms with van der Waals surface area (Å²) in [5, 5.41) is 9.93. The van der Waals surface area contributed by atoms with E-state index >= 15 is 0 Å². The first-order valence-electron chi connectivity index (χ1n) is 7.10. The Balaban J connectivity index is 2.08. The van der Waals surface area contributed by atoms with Crippen LogP contribution in [0.1, 0.15) is 16.8 Å². The number of hydrogen-bond donors (Lipinski definition) is 0. The van der Waals surface area contributed by atoms with Crippen molar-refractivity contribution in [1.82, 2.24) is 9.97 Å². The number of nitriles is 1. The standard InChI is InChI=1S/C18H15N3O2/c1-22-17-8-14-15(7-12-4-3-5-13(6-12)10-19)20-11-21-16(14)9-18(17)23-2/h3-6,8-9,11H,7H2,1-2H3. The maximum Gasteiger partial charge on any atom is 0.162 e. The van der Waals surface area contributed by atoms with Gasteiger partial charge in [0, 0.05) is 17.9 Å². The van der Waals surface area contributed by atoms with E-state index in [-0.39, 0.29) is 0 Å². The van der Waals surface area contributed by atoms with Crippen LogP contribution in [0.4, 0.5) is 0 Å². The van der Waals surface area contributed by atoms with Gasteiger partial charge in [-0.15, -0.1) is 0 Å². The fourth-order valence-corrected chi connectivity index (χ4v) is 2.52. The summed E-state index contributed by atoms with van der Waals surface area (Å²) in [5.74, 6) is 1.28. The molecule has 0 amide bonds. The monoisotopic (exact) mass is 305 g/mol. The summed E-state index contributed by atoms with van der Waals surface area (Å²) < 4.78 is 10.7. The molecule has 0 aliphatic heterocycles. The van der Waals surface area contributed by atoms with Crippen molar-refractivity contribution < 1.29 is 9.47 Å². The van der Waals surface area contributed by atoms with Gasteiger partial charge in [-0.3, -0.25) is 0 Å². The fraction of sp³-hybridized carbons (Fsp3) is 0.167. The molecule has 0 spiro atoms. The molecule has 0 atom stereocenters. The summed E-state index contributed by atoms with van der Waals surface area (Å²) >= 11 is 0. The van der Waals surface area contributed by atoms with Crippen LogP contribution >= 0.6 is 0 Å². The highest BCUT2D eigenvalue weighted by atomic mass is 16.5. The van der Waals surface area contributed by atoms with Gasteiger partial charge in [-0.2, -0.15) is 5.26 Å². The number of nitrogens with zero attached hydrogens (tertiary/aromatic N) is 3. The van der Waals surface area contributed by atoms with E-state index in [0.717, 1.165) is 22.2 Å². The van der Waals surface area contributed by atoms with Crippen molar-refractivity contribution in [3.05, 3.63) is 59.5 Å². The summed E-state index contributed by atoms with van der Waals surface area (Å²) in [6.07, 6.45) is 2.15. The lowest BCUT2D eigenvalue weighted by molar-refractivity contribution is 0.355. The number of rotatable bonds is 4. The minimum atomic E-state index is 0.615. The van der Waals surface area contributed by atoms with Crippen LogP contribution < -0.4 is 9.47 Å². The van der Waals surface area contributed by atoms with Gasteiger partial charge in [0.2, 0.25) is 0 Å². The zero-order chi connectivity index (χ0) is 16.2. The predicted octanol–water partition coefficient (Wildman–Crippen LogP) is 3.11. The molecule has 23 heavy (non-hydrogen) atoms. The van der Waals surface area contributed by atoms with Crippen molar-refractivity contribution >= 4 is 10.9 Å². The van der Waals surface area contributed by atoms with Crippen LogP contribution in [0.25, 0.3) is 10.9 Å². The second-order valence-corrected chi connectivity index (χ2v) is 5.03. The molecule has 0 radical (unpaired) electrons. The summed E-state index contributed by atoms with van der Waals surface area (Å²) in [7, 11) is 3.20. The predicted molar refractivity (Wildman–Crippen MR) is 86.6 cm³/mol. The van der Waals surface area contributed by atoms with Crippen molar-refractivity contribution in [3.8, 4) is 17.6 Å². The van der Waals surface area contributed by atoms with Crippen LogP contribution in [0.5, 0.6) is 11.5 Å². The molecule has 5 heteroatoms. The highest BCUT2D eigenvalue weighted by Gasteiger charge is 2.11. The van der Waals surface area contributed by atoms with E-state index in [1.54, 1.807) is 20.3 Å². The molecule has 0 aliphatic rings. The molecule has 3 aromatic rings. The van der Waals surface area contributed by atoms with Gasteiger partial charge in [-0.1, -0.05) is 12.1 Å². The van der Waals surface area contributed by atoms with E-state index in [1.165, 1.54) is 6.33 Å². The number of hydrogen-bond acceptors (Lipinski definition) is 5. The van der Waals surface area contributed by atoms with Gasteiger partial charge in [0.15, 0.2) is 11.5 Å². The average molecular weight is 305 g/mol. The smallest absolute Gasteiger partial charge is 0.162 e. The Labute approximate surface area is 134 Å². The maximum atomic E-state index is 9.02. The zero-order valence-corrected chi connectivity index (χ0v) is 12.9. The van der Waals surface area contributed by atoms with Crippen LogP contribution in [0.15, 0.2) is 42.7 Å². The molecular weight excluding hydrogens is 290 g/mol. The molecule has 0 saturated heterocycles. The average Bonchev–Trinajstić information content (AvgIpc) is 2.61. The highest BCUT2D eigenvalue weighted by molar-refractivity contribution is 5.84. The third kappa shape index (κ3) is 2.92. The molecule has 0 saturated carbocycles. The second-order valence-electron chi connectivity index (χ2n) is 5.03. The first-order chi connectivity index (χ1) is 11.2. The SMILES string of the molecule is COc1cc2ncnc(Cc3cccc(C#N)c3)c2cc1OC. The van der Waals surface area contributed by atoms with Crippen molar-refractivity contribution in [2.24, 2.45) is 0 Å². The van der Waals surface area contributed by atoms with E-state index in [4.69, 9.17) is 14.7 Å². The summed E-state index contributed by atoms with van der Waals surface area (Å²) in [5.41, 5.74) is 3.34. The first kappa shape index (κ1) is 14.8. The third-order valence-corrected chi connectivity index (χ3v) is 3.65. The van der Waals surface area contributed by atoms with Gasteiger partial charge in [-0.05, 0) is 23.8 Å². The number of methoxy groups -OCH3 is 2. The van der Waals surface area contributed by atoms with Gasteiger partial charge in [0.1, 0.15) is 6.33 Å². The van der Waals surface area contributed by atoms with E-state index in [2.05, 4.69) is 16.0 Å². The summed E-state index contributed by atoms with van der Waals surface area (Å²) in [6, 6.07) is 13.4. The minimum Gasteiger partial charge on any atom is -0.493 e. The Kier molecular flexibility index (Phi) is 4.07. The molecule has 3 rings (SSSR count).